The van der Waals surface area contributed by atoms with Crippen molar-refractivity contribution in [3.8, 4) is 0 Å². The summed E-state index contributed by atoms with van der Waals surface area (Å²) in [6, 6.07) is 0. The number of hydrogen-bond acceptors (Lipinski definition) is 0. The molecule has 0 saturated carbocycles. The van der Waals surface area contributed by atoms with Gasteiger partial charge in [-0.15, -0.1) is 0 Å². The van der Waals surface area contributed by atoms with Gasteiger partial charge in [0, 0.05) is 55.5 Å². The molecule has 0 amide bonds. The Hall–Kier alpha value is 1.96. The van der Waals surface area contributed by atoms with E-state index < -0.39 is 0 Å². The normalized spacial score (nSPS) is 0. The van der Waals surface area contributed by atoms with Crippen molar-refractivity contribution in [2.75, 3.05) is 0 Å². The molecule has 4 heteroatoms. The molecular formula is H3CrFeMoSi. The Balaban J connectivity index is 0. The average molecular weight is 235 g/mol. The smallest absolute Gasteiger partial charge is 0 e. The molecule has 0 saturated heterocycles. The summed E-state index contributed by atoms with van der Waals surface area (Å²) in [6.07, 6.45) is 0. The van der Waals surface area contributed by atoms with E-state index in [1.54, 1.807) is 0 Å². The first-order chi connectivity index (χ1) is 0. The molecular weight excluding hydrogens is 232 g/mol. The summed E-state index contributed by atoms with van der Waals surface area (Å²) in [4.78, 5) is 0. The summed E-state index contributed by atoms with van der Waals surface area (Å²) in [6.45, 7) is 0. The first kappa shape index (κ1) is 38.2. The predicted molar refractivity (Wildman–Crippen MR) is 9.94 cm³/mol. The third kappa shape index (κ3) is 9.03. The summed E-state index contributed by atoms with van der Waals surface area (Å²) < 4.78 is 0. The first-order valence-electron chi connectivity index (χ1n) is 0. The van der Waals surface area contributed by atoms with E-state index in [1.807, 2.05) is 0 Å². The van der Waals surface area contributed by atoms with Crippen molar-refractivity contribution < 1.29 is 55.5 Å². The van der Waals surface area contributed by atoms with E-state index in [-0.39, 0.29) is 66.5 Å². The van der Waals surface area contributed by atoms with Crippen LogP contribution in [0.5, 0.6) is 0 Å². The summed E-state index contributed by atoms with van der Waals surface area (Å²) in [7, 11) is 0. The zero-order valence-electron chi connectivity index (χ0n) is 2.17. The van der Waals surface area contributed by atoms with Gasteiger partial charge in [0.15, 0.2) is 0 Å². The monoisotopic (exact) mass is 237 g/mol. The molecule has 0 fully saturated rings. The molecule has 0 nitrogen and oxygen atoms in total. The maximum absolute atomic E-state index is 0. The van der Waals surface area contributed by atoms with Crippen molar-refractivity contribution >= 4 is 11.0 Å². The van der Waals surface area contributed by atoms with E-state index in [4.69, 9.17) is 0 Å². The van der Waals surface area contributed by atoms with Crippen LogP contribution in [-0.2, 0) is 55.5 Å². The molecule has 0 spiro atoms. The molecule has 0 aliphatic rings. The van der Waals surface area contributed by atoms with Gasteiger partial charge in [-0.25, -0.2) is 0 Å². The Morgan fingerprint density at radius 2 is 1.00 bits per heavy atom. The van der Waals surface area contributed by atoms with Crippen LogP contribution in [0.3, 0.4) is 0 Å². The minimum Gasteiger partial charge on any atom is -0.0125 e. The molecule has 0 bridgehead atoms. The van der Waals surface area contributed by atoms with Gasteiger partial charge in [-0.05, 0) is 11.0 Å². The van der Waals surface area contributed by atoms with Gasteiger partial charge in [-0.1, -0.05) is 0 Å². The van der Waals surface area contributed by atoms with Crippen LogP contribution < -0.4 is 0 Å². The SMILES string of the molecule is [Cr].[Fe].[Mo].[SiH3]. The van der Waals surface area contributed by atoms with Crippen molar-refractivity contribution in [1.29, 1.82) is 0 Å². The van der Waals surface area contributed by atoms with Crippen LogP contribution in [0.25, 0.3) is 0 Å². The standard InChI is InChI=1S/Cr.Fe.Mo.H3Si/h;;;1H3. The Kier molecular flexibility index (Phi) is 194. The molecule has 4 heavy (non-hydrogen) atoms. The Morgan fingerprint density at radius 3 is 1.00 bits per heavy atom. The van der Waals surface area contributed by atoms with Gasteiger partial charge >= 0.3 is 0 Å². The van der Waals surface area contributed by atoms with Gasteiger partial charge in [0.25, 0.3) is 0 Å². The molecule has 0 aromatic carbocycles. The minimum atomic E-state index is 0. The Labute approximate surface area is 66.0 Å². The summed E-state index contributed by atoms with van der Waals surface area (Å²) >= 11 is 0. The molecule has 1 radical (unpaired) electrons. The molecule has 0 N–H and O–H groups in total. The van der Waals surface area contributed by atoms with Crippen molar-refractivity contribution in [3.05, 3.63) is 0 Å². The van der Waals surface area contributed by atoms with Crippen LogP contribution >= 0.6 is 0 Å². The fraction of sp³-hybridized carbons (Fsp3) is 0. The van der Waals surface area contributed by atoms with Crippen molar-refractivity contribution in [2.45, 2.75) is 0 Å². The van der Waals surface area contributed by atoms with Crippen molar-refractivity contribution in [2.24, 2.45) is 0 Å². The maximum atomic E-state index is 0. The number of hydrogen-bond donors (Lipinski definition) is 0. The zero-order valence-corrected chi connectivity index (χ0v) is 8.56. The average Bonchev–Trinajstić information content (AvgIpc) is 0. The third-order valence-electron chi connectivity index (χ3n) is 0. The van der Waals surface area contributed by atoms with Crippen LogP contribution in [0.1, 0.15) is 0 Å². The van der Waals surface area contributed by atoms with Gasteiger partial charge in [0.1, 0.15) is 0 Å². The summed E-state index contributed by atoms with van der Waals surface area (Å²) in [5.74, 6) is 0. The second-order valence-corrected chi connectivity index (χ2v) is 0. The molecule has 0 aromatic heterocycles. The molecule has 0 heterocycles. The Morgan fingerprint density at radius 1 is 1.00 bits per heavy atom. The fourth-order valence-electron chi connectivity index (χ4n) is 0. The third-order valence-corrected chi connectivity index (χ3v) is 0. The van der Waals surface area contributed by atoms with Crippen LogP contribution in [0.2, 0.25) is 0 Å². The second kappa shape index (κ2) is 20.3. The summed E-state index contributed by atoms with van der Waals surface area (Å²) in [5.41, 5.74) is 0. The van der Waals surface area contributed by atoms with E-state index in [1.165, 1.54) is 0 Å². The van der Waals surface area contributed by atoms with Crippen LogP contribution in [0.15, 0.2) is 0 Å². The van der Waals surface area contributed by atoms with Gasteiger partial charge in [0.05, 0.1) is 0 Å². The molecule has 0 rings (SSSR count). The molecule has 0 aliphatic carbocycles. The van der Waals surface area contributed by atoms with Gasteiger partial charge in [-0.3, -0.25) is 0 Å². The van der Waals surface area contributed by atoms with Gasteiger partial charge < -0.3 is 0 Å². The maximum Gasteiger partial charge on any atom is 0 e. The molecule has 27 valence electrons. The topological polar surface area (TPSA) is 0 Å². The molecule has 0 unspecified atom stereocenters. The largest absolute Gasteiger partial charge is 0.0125 e. The van der Waals surface area contributed by atoms with Gasteiger partial charge in [-0.2, -0.15) is 0 Å². The molecule has 0 aromatic rings. The second-order valence-electron chi connectivity index (χ2n) is 0. The van der Waals surface area contributed by atoms with Crippen molar-refractivity contribution in [1.82, 2.24) is 0 Å². The van der Waals surface area contributed by atoms with E-state index in [2.05, 4.69) is 0 Å². The Bertz CT molecular complexity index is 8.00. The summed E-state index contributed by atoms with van der Waals surface area (Å²) in [5, 5.41) is 0. The van der Waals surface area contributed by atoms with Crippen LogP contribution in [0, 0.1) is 0 Å². The van der Waals surface area contributed by atoms with Crippen molar-refractivity contribution in [3.63, 3.8) is 0 Å². The van der Waals surface area contributed by atoms with Crippen LogP contribution in [-0.4, -0.2) is 11.0 Å². The molecule has 0 aliphatic heterocycles. The van der Waals surface area contributed by atoms with Gasteiger partial charge in [0.2, 0.25) is 0 Å². The van der Waals surface area contributed by atoms with E-state index in [0.717, 1.165) is 0 Å². The predicted octanol–water partition coefficient (Wildman–Crippen LogP) is -1.19. The minimum absolute atomic E-state index is 0. The number of rotatable bonds is 0. The van der Waals surface area contributed by atoms with E-state index >= 15 is 0 Å². The quantitative estimate of drug-likeness (QED) is 0.463. The molecule has 0 atom stereocenters. The van der Waals surface area contributed by atoms with E-state index in [0.29, 0.717) is 0 Å². The fourth-order valence-corrected chi connectivity index (χ4v) is 0. The van der Waals surface area contributed by atoms with Crippen LogP contribution in [0.4, 0.5) is 0 Å². The zero-order chi connectivity index (χ0) is 0. The van der Waals surface area contributed by atoms with E-state index in [9.17, 15) is 0 Å². The first-order valence-corrected chi connectivity index (χ1v) is 0.